The molecule has 0 saturated carbocycles. The van der Waals surface area contributed by atoms with Crippen LogP contribution in [0.1, 0.15) is 11.3 Å². The second-order valence-corrected chi connectivity index (χ2v) is 4.11. The van der Waals surface area contributed by atoms with E-state index in [0.717, 1.165) is 22.0 Å². The van der Waals surface area contributed by atoms with E-state index in [2.05, 4.69) is 22.4 Å². The molecular weight excluding hydrogens is 224 g/mol. The summed E-state index contributed by atoms with van der Waals surface area (Å²) in [6.07, 6.45) is 1.65. The van der Waals surface area contributed by atoms with Gasteiger partial charge >= 0.3 is 0 Å². The zero-order chi connectivity index (χ0) is 12.5. The van der Waals surface area contributed by atoms with E-state index in [4.69, 9.17) is 5.26 Å². The van der Waals surface area contributed by atoms with Gasteiger partial charge in [-0.05, 0) is 17.9 Å². The molecular formula is C14H10N4. The van der Waals surface area contributed by atoms with Gasteiger partial charge in [-0.1, -0.05) is 41.6 Å². The van der Waals surface area contributed by atoms with Crippen molar-refractivity contribution in [2.75, 3.05) is 0 Å². The highest BCUT2D eigenvalue weighted by Gasteiger charge is 2.09. The largest absolute Gasteiger partial charge is 0.218 e. The smallest absolute Gasteiger partial charge is 0.183 e. The average molecular weight is 234 g/mol. The van der Waals surface area contributed by atoms with E-state index >= 15 is 0 Å². The highest BCUT2D eigenvalue weighted by molar-refractivity contribution is 5.91. The number of aryl methyl sites for hydroxylation is 1. The quantitative estimate of drug-likeness (QED) is 0.650. The molecule has 0 fully saturated rings. The second-order valence-electron chi connectivity index (χ2n) is 4.11. The third-order valence-electron chi connectivity index (χ3n) is 2.94. The fourth-order valence-electron chi connectivity index (χ4n) is 2.09. The molecule has 4 heteroatoms. The van der Waals surface area contributed by atoms with Gasteiger partial charge in [0.15, 0.2) is 5.69 Å². The van der Waals surface area contributed by atoms with Crippen molar-refractivity contribution in [3.63, 3.8) is 0 Å². The Hall–Kier alpha value is -2.67. The number of hydrogen-bond donors (Lipinski definition) is 0. The van der Waals surface area contributed by atoms with E-state index in [1.807, 2.05) is 37.3 Å². The standard InChI is InChI=1S/C14H10N4/c1-10-6-7-11-4-2-3-5-13(11)14(10)18-9-12(8-15)16-17-18/h2-7,9H,1H3. The lowest BCUT2D eigenvalue weighted by Crippen LogP contribution is -1.99. The Morgan fingerprint density at radius 2 is 2.00 bits per heavy atom. The molecule has 1 heterocycles. The minimum atomic E-state index is 0.322. The van der Waals surface area contributed by atoms with Crippen molar-refractivity contribution in [1.82, 2.24) is 15.0 Å². The van der Waals surface area contributed by atoms with Crippen molar-refractivity contribution in [3.8, 4) is 11.8 Å². The molecule has 0 aliphatic heterocycles. The van der Waals surface area contributed by atoms with Crippen LogP contribution in [-0.2, 0) is 0 Å². The van der Waals surface area contributed by atoms with E-state index in [1.165, 1.54) is 0 Å². The van der Waals surface area contributed by atoms with Gasteiger partial charge in [-0.25, -0.2) is 4.68 Å². The molecule has 0 radical (unpaired) electrons. The first-order valence-electron chi connectivity index (χ1n) is 5.61. The molecule has 1 aromatic heterocycles. The van der Waals surface area contributed by atoms with Gasteiger partial charge < -0.3 is 0 Å². The number of hydrogen-bond acceptors (Lipinski definition) is 3. The first kappa shape index (κ1) is 10.5. The molecule has 3 rings (SSSR count). The molecule has 0 aliphatic carbocycles. The summed E-state index contributed by atoms with van der Waals surface area (Å²) in [4.78, 5) is 0. The summed E-state index contributed by atoms with van der Waals surface area (Å²) in [5.74, 6) is 0. The molecule has 0 N–H and O–H groups in total. The van der Waals surface area contributed by atoms with Gasteiger partial charge in [0.05, 0.1) is 11.9 Å². The number of rotatable bonds is 1. The van der Waals surface area contributed by atoms with Crippen LogP contribution in [0, 0.1) is 18.3 Å². The van der Waals surface area contributed by atoms with Crippen LogP contribution < -0.4 is 0 Å². The van der Waals surface area contributed by atoms with Crippen molar-refractivity contribution in [2.45, 2.75) is 6.92 Å². The Labute approximate surface area is 104 Å². The third-order valence-corrected chi connectivity index (χ3v) is 2.94. The summed E-state index contributed by atoms with van der Waals surface area (Å²) in [5.41, 5.74) is 2.40. The predicted octanol–water partition coefficient (Wildman–Crippen LogP) is 2.60. The fourth-order valence-corrected chi connectivity index (χ4v) is 2.09. The molecule has 0 unspecified atom stereocenters. The Kier molecular flexibility index (Phi) is 2.31. The molecule has 4 nitrogen and oxygen atoms in total. The van der Waals surface area contributed by atoms with Gasteiger partial charge in [0.2, 0.25) is 0 Å². The third kappa shape index (κ3) is 1.54. The number of fused-ring (bicyclic) bond motifs is 1. The first-order valence-corrected chi connectivity index (χ1v) is 5.61. The maximum Gasteiger partial charge on any atom is 0.183 e. The van der Waals surface area contributed by atoms with Crippen molar-refractivity contribution >= 4 is 10.8 Å². The number of nitrogens with zero attached hydrogens (tertiary/aromatic N) is 4. The maximum absolute atomic E-state index is 8.81. The van der Waals surface area contributed by atoms with Gasteiger partial charge in [-0.3, -0.25) is 0 Å². The van der Waals surface area contributed by atoms with Gasteiger partial charge in [0.25, 0.3) is 0 Å². The van der Waals surface area contributed by atoms with Crippen LogP contribution in [0.4, 0.5) is 0 Å². The van der Waals surface area contributed by atoms with Crippen LogP contribution in [-0.4, -0.2) is 15.0 Å². The van der Waals surface area contributed by atoms with E-state index in [-0.39, 0.29) is 0 Å². The molecule has 0 amide bonds. The average Bonchev–Trinajstić information content (AvgIpc) is 2.87. The molecule has 0 bridgehead atoms. The Morgan fingerprint density at radius 3 is 2.78 bits per heavy atom. The lowest BCUT2D eigenvalue weighted by atomic mass is 10.0. The normalized spacial score (nSPS) is 10.4. The van der Waals surface area contributed by atoms with Crippen molar-refractivity contribution < 1.29 is 0 Å². The van der Waals surface area contributed by atoms with E-state index in [9.17, 15) is 0 Å². The van der Waals surface area contributed by atoms with Gasteiger partial charge in [-0.15, -0.1) is 5.10 Å². The van der Waals surface area contributed by atoms with Crippen LogP contribution in [0.2, 0.25) is 0 Å². The van der Waals surface area contributed by atoms with E-state index in [0.29, 0.717) is 5.69 Å². The summed E-state index contributed by atoms with van der Waals surface area (Å²) in [6.45, 7) is 2.02. The van der Waals surface area contributed by atoms with Crippen LogP contribution in [0.15, 0.2) is 42.6 Å². The molecule has 18 heavy (non-hydrogen) atoms. The molecule has 2 aromatic carbocycles. The van der Waals surface area contributed by atoms with E-state index < -0.39 is 0 Å². The van der Waals surface area contributed by atoms with Crippen molar-refractivity contribution in [1.29, 1.82) is 5.26 Å². The van der Waals surface area contributed by atoms with Crippen LogP contribution >= 0.6 is 0 Å². The first-order chi connectivity index (χ1) is 8.79. The summed E-state index contributed by atoms with van der Waals surface area (Å²) in [5, 5.41) is 18.9. The highest BCUT2D eigenvalue weighted by atomic mass is 15.4. The van der Waals surface area contributed by atoms with Gasteiger partial charge in [0, 0.05) is 5.39 Å². The predicted molar refractivity (Wildman–Crippen MR) is 68.3 cm³/mol. The monoisotopic (exact) mass is 234 g/mol. The number of benzene rings is 2. The maximum atomic E-state index is 8.81. The minimum absolute atomic E-state index is 0.322. The highest BCUT2D eigenvalue weighted by Crippen LogP contribution is 2.25. The summed E-state index contributed by atoms with van der Waals surface area (Å²) in [7, 11) is 0. The molecule has 0 spiro atoms. The lowest BCUT2D eigenvalue weighted by Gasteiger charge is -2.09. The SMILES string of the molecule is Cc1ccc2ccccc2c1-n1cc(C#N)nn1. The summed E-state index contributed by atoms with van der Waals surface area (Å²) < 4.78 is 1.66. The Morgan fingerprint density at radius 1 is 1.17 bits per heavy atom. The molecule has 86 valence electrons. The number of aromatic nitrogens is 3. The van der Waals surface area contributed by atoms with Crippen molar-refractivity contribution in [3.05, 3.63) is 53.9 Å². The molecule has 0 atom stereocenters. The topological polar surface area (TPSA) is 54.5 Å². The zero-order valence-corrected chi connectivity index (χ0v) is 9.83. The van der Waals surface area contributed by atoms with Crippen LogP contribution in [0.3, 0.4) is 0 Å². The number of nitriles is 1. The Bertz CT molecular complexity index is 765. The van der Waals surface area contributed by atoms with Gasteiger partial charge in [-0.2, -0.15) is 5.26 Å². The lowest BCUT2D eigenvalue weighted by molar-refractivity contribution is 0.802. The van der Waals surface area contributed by atoms with E-state index in [1.54, 1.807) is 10.9 Å². The van der Waals surface area contributed by atoms with Crippen LogP contribution in [0.25, 0.3) is 16.5 Å². The zero-order valence-electron chi connectivity index (χ0n) is 9.83. The van der Waals surface area contributed by atoms with Crippen molar-refractivity contribution in [2.24, 2.45) is 0 Å². The summed E-state index contributed by atoms with van der Waals surface area (Å²) >= 11 is 0. The summed E-state index contributed by atoms with van der Waals surface area (Å²) in [6, 6.07) is 14.2. The molecule has 3 aromatic rings. The van der Waals surface area contributed by atoms with Crippen LogP contribution in [0.5, 0.6) is 0 Å². The minimum Gasteiger partial charge on any atom is -0.218 e. The Balaban J connectivity index is 2.34. The van der Waals surface area contributed by atoms with Gasteiger partial charge in [0.1, 0.15) is 6.07 Å². The molecule has 0 aliphatic rings. The fraction of sp³-hybridized carbons (Fsp3) is 0.0714. The second kappa shape index (κ2) is 3.97. The molecule has 0 saturated heterocycles.